The number of hydrogen-bond acceptors (Lipinski definition) is 5. The topological polar surface area (TPSA) is 76.1 Å². The van der Waals surface area contributed by atoms with Crippen molar-refractivity contribution >= 4 is 15.9 Å². The summed E-state index contributed by atoms with van der Waals surface area (Å²) in [6.07, 6.45) is 4.44. The van der Waals surface area contributed by atoms with Crippen molar-refractivity contribution in [3.05, 3.63) is 23.3 Å². The SMILES string of the molecule is COc1cc(C)c(S(=O)(=O)N(C)CCOCC(=O)N(C)[C@@H]2CCC[C@@H](C)C2)c(C)c1. The fraction of sp³-hybridized carbons (Fsp3) is 0.682. The maximum atomic E-state index is 13.0. The zero-order valence-corrected chi connectivity index (χ0v) is 19.9. The molecule has 2 rings (SSSR count). The second-order valence-electron chi connectivity index (χ2n) is 8.40. The van der Waals surface area contributed by atoms with Crippen LogP contribution in [0.25, 0.3) is 0 Å². The summed E-state index contributed by atoms with van der Waals surface area (Å²) in [5, 5.41) is 0. The van der Waals surface area contributed by atoms with Gasteiger partial charge in [0.25, 0.3) is 0 Å². The molecule has 7 nitrogen and oxygen atoms in total. The number of likely N-dealkylation sites (N-methyl/N-ethyl adjacent to an activating group) is 2. The van der Waals surface area contributed by atoms with E-state index in [1.807, 2.05) is 7.05 Å². The van der Waals surface area contributed by atoms with Gasteiger partial charge in [-0.1, -0.05) is 19.8 Å². The lowest BCUT2D eigenvalue weighted by Gasteiger charge is -2.34. The molecule has 1 fully saturated rings. The summed E-state index contributed by atoms with van der Waals surface area (Å²) in [5.41, 5.74) is 1.27. The Morgan fingerprint density at radius 2 is 1.80 bits per heavy atom. The molecule has 0 saturated heterocycles. The van der Waals surface area contributed by atoms with Crippen LogP contribution < -0.4 is 4.74 Å². The minimum atomic E-state index is -3.66. The lowest BCUT2D eigenvalue weighted by Crippen LogP contribution is -2.42. The van der Waals surface area contributed by atoms with Gasteiger partial charge in [-0.3, -0.25) is 4.79 Å². The first kappa shape index (κ1) is 24.6. The molecule has 170 valence electrons. The van der Waals surface area contributed by atoms with Crippen molar-refractivity contribution < 1.29 is 22.7 Å². The Hall–Kier alpha value is -1.64. The molecule has 1 aromatic carbocycles. The summed E-state index contributed by atoms with van der Waals surface area (Å²) in [7, 11) is 1.25. The van der Waals surface area contributed by atoms with Crippen molar-refractivity contribution in [2.45, 2.75) is 57.4 Å². The molecule has 2 atom stereocenters. The van der Waals surface area contributed by atoms with Crippen LogP contribution in [-0.4, -0.2) is 70.5 Å². The number of carbonyl (C=O) groups excluding carboxylic acids is 1. The highest BCUT2D eigenvalue weighted by atomic mass is 32.2. The normalized spacial score (nSPS) is 19.7. The molecule has 0 aliphatic heterocycles. The van der Waals surface area contributed by atoms with Crippen molar-refractivity contribution in [3.63, 3.8) is 0 Å². The largest absolute Gasteiger partial charge is 0.497 e. The van der Waals surface area contributed by atoms with Gasteiger partial charge in [-0.05, 0) is 55.9 Å². The summed E-state index contributed by atoms with van der Waals surface area (Å²) < 4.78 is 38.0. The number of aryl methyl sites for hydroxylation is 2. The summed E-state index contributed by atoms with van der Waals surface area (Å²) in [5.74, 6) is 1.22. The average molecular weight is 441 g/mol. The average Bonchev–Trinajstić information content (AvgIpc) is 2.69. The third-order valence-corrected chi connectivity index (χ3v) is 8.13. The van der Waals surface area contributed by atoms with Crippen LogP contribution in [-0.2, 0) is 19.6 Å². The van der Waals surface area contributed by atoms with Crippen LogP contribution in [0.1, 0.15) is 43.7 Å². The van der Waals surface area contributed by atoms with E-state index in [2.05, 4.69) is 6.92 Å². The lowest BCUT2D eigenvalue weighted by molar-refractivity contribution is -0.137. The highest BCUT2D eigenvalue weighted by Gasteiger charge is 2.27. The fourth-order valence-corrected chi connectivity index (χ4v) is 5.68. The Labute approximate surface area is 181 Å². The van der Waals surface area contributed by atoms with Gasteiger partial charge in [0.05, 0.1) is 18.6 Å². The number of nitrogens with zero attached hydrogens (tertiary/aromatic N) is 2. The monoisotopic (exact) mass is 440 g/mol. The summed E-state index contributed by atoms with van der Waals surface area (Å²) in [4.78, 5) is 14.5. The van der Waals surface area contributed by atoms with Crippen molar-refractivity contribution in [1.82, 2.24) is 9.21 Å². The predicted octanol–water partition coefficient (Wildman–Crippen LogP) is 2.99. The molecule has 1 amide bonds. The molecule has 1 aliphatic carbocycles. The van der Waals surface area contributed by atoms with E-state index in [-0.39, 0.29) is 36.6 Å². The molecule has 1 aromatic rings. The van der Waals surface area contributed by atoms with Crippen molar-refractivity contribution in [2.75, 3.05) is 41.0 Å². The molecular weight excluding hydrogens is 404 g/mol. The van der Waals surface area contributed by atoms with E-state index in [0.717, 1.165) is 19.3 Å². The first-order chi connectivity index (χ1) is 14.1. The second-order valence-corrected chi connectivity index (χ2v) is 10.4. The number of methoxy groups -OCH3 is 1. The van der Waals surface area contributed by atoms with E-state index in [0.29, 0.717) is 22.8 Å². The van der Waals surface area contributed by atoms with Gasteiger partial charge >= 0.3 is 0 Å². The van der Waals surface area contributed by atoms with Crippen LogP contribution in [0.4, 0.5) is 0 Å². The van der Waals surface area contributed by atoms with Gasteiger partial charge in [0, 0.05) is 26.7 Å². The van der Waals surface area contributed by atoms with E-state index in [9.17, 15) is 13.2 Å². The number of ether oxygens (including phenoxy) is 2. The highest BCUT2D eigenvalue weighted by molar-refractivity contribution is 7.89. The van der Waals surface area contributed by atoms with E-state index >= 15 is 0 Å². The van der Waals surface area contributed by atoms with Gasteiger partial charge in [0.1, 0.15) is 12.4 Å². The minimum absolute atomic E-state index is 0.0319. The number of rotatable bonds is 9. The standard InChI is InChI=1S/C22H36N2O5S/c1-16-8-7-9-19(12-16)24(5)21(25)15-29-11-10-23(4)30(26,27)22-17(2)13-20(28-6)14-18(22)3/h13-14,16,19H,7-12,15H2,1-6H3/t16-,19-/m1/s1. The van der Waals surface area contributed by atoms with Crippen molar-refractivity contribution in [3.8, 4) is 5.75 Å². The van der Waals surface area contributed by atoms with Gasteiger partial charge < -0.3 is 14.4 Å². The zero-order chi connectivity index (χ0) is 22.5. The Morgan fingerprint density at radius 1 is 1.17 bits per heavy atom. The minimum Gasteiger partial charge on any atom is -0.497 e. The fourth-order valence-electron chi connectivity index (χ4n) is 4.12. The van der Waals surface area contributed by atoms with E-state index in [1.54, 1.807) is 38.0 Å². The number of benzene rings is 1. The molecule has 8 heteroatoms. The summed E-state index contributed by atoms with van der Waals surface area (Å²) in [6.45, 7) is 6.04. The number of carbonyl (C=O) groups is 1. The molecule has 0 radical (unpaired) electrons. The zero-order valence-electron chi connectivity index (χ0n) is 19.1. The predicted molar refractivity (Wildman–Crippen MR) is 117 cm³/mol. The van der Waals surface area contributed by atoms with Crippen LogP contribution in [0, 0.1) is 19.8 Å². The van der Waals surface area contributed by atoms with Crippen molar-refractivity contribution in [1.29, 1.82) is 0 Å². The molecule has 0 heterocycles. The van der Waals surface area contributed by atoms with Crippen LogP contribution in [0.3, 0.4) is 0 Å². The number of amides is 1. The van der Waals surface area contributed by atoms with Gasteiger partial charge in [-0.15, -0.1) is 0 Å². The van der Waals surface area contributed by atoms with Crippen LogP contribution >= 0.6 is 0 Å². The maximum Gasteiger partial charge on any atom is 0.248 e. The molecule has 0 unspecified atom stereocenters. The molecule has 0 bridgehead atoms. The van der Waals surface area contributed by atoms with Crippen molar-refractivity contribution in [2.24, 2.45) is 5.92 Å². The maximum absolute atomic E-state index is 13.0. The van der Waals surface area contributed by atoms with Gasteiger partial charge in [0.2, 0.25) is 15.9 Å². The van der Waals surface area contributed by atoms with Crippen LogP contribution in [0.5, 0.6) is 5.75 Å². The lowest BCUT2D eigenvalue weighted by atomic mass is 9.86. The summed E-state index contributed by atoms with van der Waals surface area (Å²) >= 11 is 0. The Balaban J connectivity index is 1.88. The molecule has 0 spiro atoms. The highest BCUT2D eigenvalue weighted by Crippen LogP contribution is 2.28. The third kappa shape index (κ3) is 5.95. The first-order valence-electron chi connectivity index (χ1n) is 10.5. The Morgan fingerprint density at radius 3 is 2.37 bits per heavy atom. The Bertz CT molecular complexity index is 817. The van der Waals surface area contributed by atoms with E-state index in [1.165, 1.54) is 17.8 Å². The van der Waals surface area contributed by atoms with Crippen LogP contribution in [0.15, 0.2) is 17.0 Å². The molecule has 1 aliphatic rings. The second kappa shape index (κ2) is 10.6. The first-order valence-corrected chi connectivity index (χ1v) is 12.0. The van der Waals surface area contributed by atoms with Crippen LogP contribution in [0.2, 0.25) is 0 Å². The van der Waals surface area contributed by atoms with Gasteiger partial charge in [0.15, 0.2) is 0 Å². The smallest absolute Gasteiger partial charge is 0.248 e. The molecule has 0 N–H and O–H groups in total. The third-order valence-electron chi connectivity index (χ3n) is 5.96. The molecule has 0 aromatic heterocycles. The summed E-state index contributed by atoms with van der Waals surface area (Å²) in [6, 6.07) is 3.70. The Kier molecular flexibility index (Phi) is 8.70. The quantitative estimate of drug-likeness (QED) is 0.552. The number of sulfonamides is 1. The number of hydrogen-bond donors (Lipinski definition) is 0. The van der Waals surface area contributed by atoms with Gasteiger partial charge in [-0.25, -0.2) is 8.42 Å². The van der Waals surface area contributed by atoms with E-state index in [4.69, 9.17) is 9.47 Å². The molecule has 30 heavy (non-hydrogen) atoms. The van der Waals surface area contributed by atoms with E-state index < -0.39 is 10.0 Å². The van der Waals surface area contributed by atoms with Gasteiger partial charge in [-0.2, -0.15) is 4.31 Å². The molecular formula is C22H36N2O5S. The molecule has 1 saturated carbocycles.